The van der Waals surface area contributed by atoms with Gasteiger partial charge in [0.2, 0.25) is 5.76 Å². The molecular weight excluding hydrogens is 216 g/mol. The maximum Gasteiger partial charge on any atom is 0.374 e. The summed E-state index contributed by atoms with van der Waals surface area (Å²) < 4.78 is 4.51. The second-order valence-corrected chi connectivity index (χ2v) is 2.90. The van der Waals surface area contributed by atoms with E-state index in [1.54, 1.807) is 0 Å². The first kappa shape index (κ1) is 9.90. The number of carboxylic acids is 1. The van der Waals surface area contributed by atoms with Gasteiger partial charge in [0.15, 0.2) is 5.82 Å². The van der Waals surface area contributed by atoms with E-state index in [4.69, 9.17) is 10.8 Å². The standard InChI is InChI=1S/C8H6N4O4/c9-3-2-10-6(11-7(3)13)4-1-5(8(14)15)16-12-4/h1-2H,9H2,(H,14,15)(H,10,11,13). The van der Waals surface area contributed by atoms with E-state index in [9.17, 15) is 9.59 Å². The Kier molecular flexibility index (Phi) is 2.16. The van der Waals surface area contributed by atoms with Crippen molar-refractivity contribution in [3.63, 3.8) is 0 Å². The van der Waals surface area contributed by atoms with Crippen LogP contribution >= 0.6 is 0 Å². The number of anilines is 1. The van der Waals surface area contributed by atoms with E-state index < -0.39 is 11.5 Å². The van der Waals surface area contributed by atoms with Gasteiger partial charge in [0.1, 0.15) is 11.4 Å². The van der Waals surface area contributed by atoms with E-state index in [1.165, 1.54) is 0 Å². The van der Waals surface area contributed by atoms with Gasteiger partial charge in [0, 0.05) is 6.07 Å². The van der Waals surface area contributed by atoms with Gasteiger partial charge < -0.3 is 20.3 Å². The molecule has 4 N–H and O–H groups in total. The lowest BCUT2D eigenvalue weighted by molar-refractivity contribution is 0.0652. The number of carbonyl (C=O) groups is 1. The molecule has 0 saturated heterocycles. The van der Waals surface area contributed by atoms with Crippen LogP contribution in [0.25, 0.3) is 11.5 Å². The lowest BCUT2D eigenvalue weighted by atomic mass is 10.3. The minimum atomic E-state index is -1.25. The Bertz CT molecular complexity index is 600. The van der Waals surface area contributed by atoms with Crippen molar-refractivity contribution >= 4 is 11.7 Å². The van der Waals surface area contributed by atoms with Crippen molar-refractivity contribution < 1.29 is 14.4 Å². The molecule has 8 nitrogen and oxygen atoms in total. The Labute approximate surface area is 87.7 Å². The van der Waals surface area contributed by atoms with Gasteiger partial charge in [-0.3, -0.25) is 4.79 Å². The Morgan fingerprint density at radius 3 is 2.88 bits per heavy atom. The first-order valence-corrected chi connectivity index (χ1v) is 4.13. The van der Waals surface area contributed by atoms with Crippen molar-refractivity contribution in [3.8, 4) is 11.5 Å². The van der Waals surface area contributed by atoms with Crippen molar-refractivity contribution in [1.29, 1.82) is 0 Å². The predicted molar refractivity (Wildman–Crippen MR) is 51.7 cm³/mol. The van der Waals surface area contributed by atoms with Gasteiger partial charge in [-0.2, -0.15) is 0 Å². The van der Waals surface area contributed by atoms with Gasteiger partial charge in [-0.15, -0.1) is 0 Å². The molecule has 0 fully saturated rings. The summed E-state index contributed by atoms with van der Waals surface area (Å²) in [6.45, 7) is 0. The number of aromatic carboxylic acids is 1. The first-order chi connectivity index (χ1) is 7.58. The quantitative estimate of drug-likeness (QED) is 0.634. The van der Waals surface area contributed by atoms with Gasteiger partial charge in [0.05, 0.1) is 6.20 Å². The molecule has 0 radical (unpaired) electrons. The third-order valence-corrected chi connectivity index (χ3v) is 1.79. The summed E-state index contributed by atoms with van der Waals surface area (Å²) in [7, 11) is 0. The summed E-state index contributed by atoms with van der Waals surface area (Å²) in [5.74, 6) is -1.50. The number of nitrogens with one attached hydrogen (secondary N) is 1. The number of carboxylic acid groups (broad SMARTS) is 1. The summed E-state index contributed by atoms with van der Waals surface area (Å²) in [5, 5.41) is 12.0. The minimum absolute atomic E-state index is 0.0364. The van der Waals surface area contributed by atoms with Gasteiger partial charge in [-0.25, -0.2) is 9.78 Å². The zero-order valence-electron chi connectivity index (χ0n) is 7.80. The lowest BCUT2D eigenvalue weighted by Gasteiger charge is -1.94. The first-order valence-electron chi connectivity index (χ1n) is 4.13. The average Bonchev–Trinajstić information content (AvgIpc) is 2.71. The van der Waals surface area contributed by atoms with Crippen molar-refractivity contribution in [2.75, 3.05) is 5.73 Å². The van der Waals surface area contributed by atoms with Crippen molar-refractivity contribution in [1.82, 2.24) is 15.1 Å². The lowest BCUT2D eigenvalue weighted by Crippen LogP contribution is -2.13. The van der Waals surface area contributed by atoms with Crippen LogP contribution in [0.3, 0.4) is 0 Å². The van der Waals surface area contributed by atoms with E-state index >= 15 is 0 Å². The van der Waals surface area contributed by atoms with Gasteiger partial charge in [-0.05, 0) is 0 Å². The Balaban J connectivity index is 2.46. The second-order valence-electron chi connectivity index (χ2n) is 2.90. The van der Waals surface area contributed by atoms with Crippen LogP contribution in [0.15, 0.2) is 21.6 Å². The molecule has 8 heteroatoms. The monoisotopic (exact) mass is 222 g/mol. The normalized spacial score (nSPS) is 10.2. The molecule has 0 saturated carbocycles. The maximum absolute atomic E-state index is 11.2. The SMILES string of the molecule is Nc1cnc(-c2cc(C(=O)O)on2)[nH]c1=O. The number of rotatable bonds is 2. The number of aromatic amines is 1. The van der Waals surface area contributed by atoms with Gasteiger partial charge >= 0.3 is 5.97 Å². The molecule has 2 aromatic rings. The van der Waals surface area contributed by atoms with E-state index in [0.717, 1.165) is 12.3 Å². The number of nitrogens with two attached hydrogens (primary N) is 1. The summed E-state index contributed by atoms with van der Waals surface area (Å²) >= 11 is 0. The average molecular weight is 222 g/mol. The van der Waals surface area contributed by atoms with Crippen LogP contribution in [0.4, 0.5) is 5.69 Å². The van der Waals surface area contributed by atoms with Crippen LogP contribution in [0, 0.1) is 0 Å². The van der Waals surface area contributed by atoms with E-state index in [-0.39, 0.29) is 23.0 Å². The van der Waals surface area contributed by atoms with Gasteiger partial charge in [-0.1, -0.05) is 5.16 Å². The van der Waals surface area contributed by atoms with Crippen molar-refractivity contribution in [2.24, 2.45) is 0 Å². The number of H-pyrrole nitrogens is 1. The fraction of sp³-hybridized carbons (Fsp3) is 0. The largest absolute Gasteiger partial charge is 0.475 e. The molecule has 2 rings (SSSR count). The van der Waals surface area contributed by atoms with Crippen molar-refractivity contribution in [3.05, 3.63) is 28.4 Å². The smallest absolute Gasteiger partial charge is 0.374 e. The number of nitrogens with zero attached hydrogens (tertiary/aromatic N) is 2. The third kappa shape index (κ3) is 1.63. The highest BCUT2D eigenvalue weighted by Crippen LogP contribution is 2.13. The number of hydrogen-bond donors (Lipinski definition) is 3. The Morgan fingerprint density at radius 2 is 2.31 bits per heavy atom. The van der Waals surface area contributed by atoms with Crippen molar-refractivity contribution in [2.45, 2.75) is 0 Å². The zero-order chi connectivity index (χ0) is 11.7. The molecule has 0 aromatic carbocycles. The minimum Gasteiger partial charge on any atom is -0.475 e. The topological polar surface area (TPSA) is 135 Å². The highest BCUT2D eigenvalue weighted by atomic mass is 16.5. The predicted octanol–water partition coefficient (Wildman–Crippen LogP) is -0.295. The molecule has 0 bridgehead atoms. The molecule has 82 valence electrons. The fourth-order valence-electron chi connectivity index (χ4n) is 1.02. The molecule has 16 heavy (non-hydrogen) atoms. The maximum atomic E-state index is 11.2. The highest BCUT2D eigenvalue weighted by molar-refractivity contribution is 5.85. The van der Waals surface area contributed by atoms with Crippen LogP contribution in [0.1, 0.15) is 10.6 Å². The molecule has 0 aliphatic heterocycles. The van der Waals surface area contributed by atoms with E-state index in [2.05, 4.69) is 19.6 Å². The van der Waals surface area contributed by atoms with Gasteiger partial charge in [0.25, 0.3) is 5.56 Å². The third-order valence-electron chi connectivity index (χ3n) is 1.79. The second kappa shape index (κ2) is 3.50. The fourth-order valence-corrected chi connectivity index (χ4v) is 1.02. The Morgan fingerprint density at radius 1 is 1.56 bits per heavy atom. The summed E-state index contributed by atoms with van der Waals surface area (Å²) in [6, 6.07) is 1.15. The number of hydrogen-bond acceptors (Lipinski definition) is 6. The molecule has 0 unspecified atom stereocenters. The molecule has 0 spiro atoms. The Hall–Kier alpha value is -2.64. The summed E-state index contributed by atoms with van der Waals surface area (Å²) in [6.07, 6.45) is 1.16. The van der Waals surface area contributed by atoms with Crippen LogP contribution in [-0.4, -0.2) is 26.2 Å². The van der Waals surface area contributed by atoms with Crippen LogP contribution in [0.2, 0.25) is 0 Å². The number of aromatic nitrogens is 3. The highest BCUT2D eigenvalue weighted by Gasteiger charge is 2.13. The molecule has 2 aromatic heterocycles. The summed E-state index contributed by atoms with van der Waals surface area (Å²) in [4.78, 5) is 27.8. The van der Waals surface area contributed by atoms with Crippen LogP contribution in [-0.2, 0) is 0 Å². The van der Waals surface area contributed by atoms with Crippen LogP contribution in [0.5, 0.6) is 0 Å². The molecule has 0 amide bonds. The van der Waals surface area contributed by atoms with Crippen LogP contribution < -0.4 is 11.3 Å². The molecule has 2 heterocycles. The molecule has 0 atom stereocenters. The molecule has 0 aliphatic rings. The van der Waals surface area contributed by atoms with E-state index in [1.807, 2.05) is 0 Å². The molecular formula is C8H6N4O4. The summed E-state index contributed by atoms with van der Waals surface area (Å²) in [5.41, 5.74) is 4.84. The number of nitrogen functional groups attached to an aromatic ring is 1. The molecule has 0 aliphatic carbocycles. The van der Waals surface area contributed by atoms with E-state index in [0.29, 0.717) is 0 Å². The zero-order valence-corrected chi connectivity index (χ0v) is 7.80.